The van der Waals surface area contributed by atoms with E-state index in [0.717, 1.165) is 9.87 Å². The second kappa shape index (κ2) is 8.60. The summed E-state index contributed by atoms with van der Waals surface area (Å²) >= 11 is 0. The van der Waals surface area contributed by atoms with Gasteiger partial charge in [0.05, 0.1) is 10.9 Å². The third kappa shape index (κ3) is 5.35. The van der Waals surface area contributed by atoms with Crippen molar-refractivity contribution in [1.29, 1.82) is 0 Å². The van der Waals surface area contributed by atoms with Crippen LogP contribution in [0.1, 0.15) is 12.5 Å². The molecular formula is C19H24FN3O3S. The van der Waals surface area contributed by atoms with E-state index in [9.17, 15) is 17.6 Å². The van der Waals surface area contributed by atoms with Crippen molar-refractivity contribution in [1.82, 2.24) is 9.21 Å². The molecule has 2 aromatic rings. The first-order chi connectivity index (χ1) is 12.6. The highest BCUT2D eigenvalue weighted by Crippen LogP contribution is 2.18. The highest BCUT2D eigenvalue weighted by atomic mass is 32.2. The summed E-state index contributed by atoms with van der Waals surface area (Å²) in [5, 5.41) is 2.75. The van der Waals surface area contributed by atoms with Gasteiger partial charge in [-0.1, -0.05) is 18.2 Å². The van der Waals surface area contributed by atoms with E-state index in [0.29, 0.717) is 12.2 Å². The molecule has 1 atom stereocenters. The van der Waals surface area contributed by atoms with Crippen molar-refractivity contribution < 1.29 is 17.6 Å². The minimum absolute atomic E-state index is 0.109. The Morgan fingerprint density at radius 2 is 1.74 bits per heavy atom. The lowest BCUT2D eigenvalue weighted by atomic mass is 10.2. The maximum Gasteiger partial charge on any atom is 0.242 e. The third-order valence-corrected chi connectivity index (χ3v) is 6.08. The Labute approximate surface area is 159 Å². The van der Waals surface area contributed by atoms with Gasteiger partial charge in [-0.05, 0) is 49.9 Å². The molecule has 0 aliphatic rings. The van der Waals surface area contributed by atoms with Crippen molar-refractivity contribution in [3.63, 3.8) is 0 Å². The number of anilines is 1. The van der Waals surface area contributed by atoms with Crippen LogP contribution in [-0.2, 0) is 21.4 Å². The summed E-state index contributed by atoms with van der Waals surface area (Å²) in [5.74, 6) is -0.571. The van der Waals surface area contributed by atoms with Crippen LogP contribution in [0.25, 0.3) is 0 Å². The number of carbonyl (C=O) groups excluding carboxylic acids is 1. The van der Waals surface area contributed by atoms with Gasteiger partial charge in [0.1, 0.15) is 5.82 Å². The van der Waals surface area contributed by atoms with Crippen LogP contribution in [0.3, 0.4) is 0 Å². The fourth-order valence-electron chi connectivity index (χ4n) is 2.41. The lowest BCUT2D eigenvalue weighted by Crippen LogP contribution is -2.39. The maximum absolute atomic E-state index is 13.0. The Kier molecular flexibility index (Phi) is 6.69. The number of carbonyl (C=O) groups is 1. The van der Waals surface area contributed by atoms with Crippen LogP contribution in [0.4, 0.5) is 10.1 Å². The minimum atomic E-state index is -3.58. The van der Waals surface area contributed by atoms with Gasteiger partial charge in [-0.15, -0.1) is 0 Å². The molecule has 0 saturated heterocycles. The molecule has 2 aromatic carbocycles. The van der Waals surface area contributed by atoms with E-state index in [-0.39, 0.29) is 16.6 Å². The van der Waals surface area contributed by atoms with Crippen LogP contribution < -0.4 is 5.32 Å². The molecule has 0 bridgehead atoms. The average Bonchev–Trinajstić information content (AvgIpc) is 2.63. The van der Waals surface area contributed by atoms with Gasteiger partial charge >= 0.3 is 0 Å². The fourth-order valence-corrected chi connectivity index (χ4v) is 3.35. The van der Waals surface area contributed by atoms with Crippen molar-refractivity contribution in [3.8, 4) is 0 Å². The molecule has 0 unspecified atom stereocenters. The summed E-state index contributed by atoms with van der Waals surface area (Å²) < 4.78 is 38.5. The molecule has 0 fully saturated rings. The van der Waals surface area contributed by atoms with E-state index in [2.05, 4.69) is 5.32 Å². The summed E-state index contributed by atoms with van der Waals surface area (Å²) in [7, 11) is 1.12. The van der Waals surface area contributed by atoms with Crippen molar-refractivity contribution in [2.45, 2.75) is 24.4 Å². The van der Waals surface area contributed by atoms with Gasteiger partial charge in [-0.25, -0.2) is 17.1 Å². The van der Waals surface area contributed by atoms with Crippen molar-refractivity contribution in [2.75, 3.05) is 26.5 Å². The van der Waals surface area contributed by atoms with E-state index in [4.69, 9.17) is 0 Å². The van der Waals surface area contributed by atoms with E-state index in [1.165, 1.54) is 38.4 Å². The summed E-state index contributed by atoms with van der Waals surface area (Å²) in [6, 6.07) is 11.8. The van der Waals surface area contributed by atoms with Gasteiger partial charge in [-0.2, -0.15) is 0 Å². The number of nitrogens with one attached hydrogen (secondary N) is 1. The molecule has 6 nitrogen and oxygen atoms in total. The topological polar surface area (TPSA) is 69.7 Å². The Bertz CT molecular complexity index is 899. The van der Waals surface area contributed by atoms with Gasteiger partial charge in [0.25, 0.3) is 0 Å². The van der Waals surface area contributed by atoms with Crippen molar-refractivity contribution >= 4 is 21.6 Å². The van der Waals surface area contributed by atoms with Crippen LogP contribution in [-0.4, -0.2) is 50.7 Å². The summed E-state index contributed by atoms with van der Waals surface area (Å²) in [6.45, 7) is 2.23. The largest absolute Gasteiger partial charge is 0.325 e. The normalized spacial score (nSPS) is 13.0. The highest BCUT2D eigenvalue weighted by Gasteiger charge is 2.20. The number of likely N-dealkylation sites (N-methyl/N-ethyl adjacent to an activating group) is 1. The summed E-state index contributed by atoms with van der Waals surface area (Å²) in [6.07, 6.45) is 0. The van der Waals surface area contributed by atoms with E-state index in [1.54, 1.807) is 38.2 Å². The number of benzene rings is 2. The molecule has 0 radical (unpaired) electrons. The predicted molar refractivity (Wildman–Crippen MR) is 103 cm³/mol. The molecule has 1 amide bonds. The molecule has 0 aliphatic carbocycles. The molecule has 8 heteroatoms. The summed E-state index contributed by atoms with van der Waals surface area (Å²) in [4.78, 5) is 14.5. The zero-order valence-electron chi connectivity index (χ0n) is 15.8. The molecule has 1 N–H and O–H groups in total. The van der Waals surface area contributed by atoms with Gasteiger partial charge in [-0.3, -0.25) is 9.69 Å². The van der Waals surface area contributed by atoms with E-state index in [1.807, 2.05) is 4.90 Å². The zero-order valence-corrected chi connectivity index (χ0v) is 16.6. The Hall–Kier alpha value is -2.29. The Morgan fingerprint density at radius 1 is 1.11 bits per heavy atom. The molecule has 0 spiro atoms. The molecule has 27 heavy (non-hydrogen) atoms. The molecule has 146 valence electrons. The van der Waals surface area contributed by atoms with Crippen LogP contribution in [0.5, 0.6) is 0 Å². The first-order valence-corrected chi connectivity index (χ1v) is 9.83. The maximum atomic E-state index is 13.0. The molecule has 0 saturated carbocycles. The second-order valence-electron chi connectivity index (χ2n) is 6.52. The highest BCUT2D eigenvalue weighted by molar-refractivity contribution is 7.89. The van der Waals surface area contributed by atoms with Gasteiger partial charge in [0.15, 0.2) is 0 Å². The smallest absolute Gasteiger partial charge is 0.242 e. The number of sulfonamides is 1. The quantitative estimate of drug-likeness (QED) is 0.785. The number of rotatable bonds is 7. The van der Waals surface area contributed by atoms with Gasteiger partial charge in [0, 0.05) is 26.3 Å². The average molecular weight is 393 g/mol. The first kappa shape index (κ1) is 21.0. The lowest BCUT2D eigenvalue weighted by molar-refractivity contribution is -0.120. The SMILES string of the molecule is C[C@H](C(=O)Nc1cccc(S(=O)(=O)N(C)C)c1)N(C)Cc1ccc(F)cc1. The van der Waals surface area contributed by atoms with Crippen LogP contribution in [0, 0.1) is 5.82 Å². The Balaban J connectivity index is 2.06. The number of halogens is 1. The lowest BCUT2D eigenvalue weighted by Gasteiger charge is -2.24. The van der Waals surface area contributed by atoms with Crippen LogP contribution >= 0.6 is 0 Å². The minimum Gasteiger partial charge on any atom is -0.325 e. The van der Waals surface area contributed by atoms with Crippen molar-refractivity contribution in [3.05, 3.63) is 59.9 Å². The predicted octanol–water partition coefficient (Wildman–Crippen LogP) is 2.54. The van der Waals surface area contributed by atoms with Crippen LogP contribution in [0.2, 0.25) is 0 Å². The number of hydrogen-bond donors (Lipinski definition) is 1. The Morgan fingerprint density at radius 3 is 2.33 bits per heavy atom. The summed E-state index contributed by atoms with van der Waals surface area (Å²) in [5.41, 5.74) is 1.29. The van der Waals surface area contributed by atoms with Gasteiger partial charge in [0.2, 0.25) is 15.9 Å². The van der Waals surface area contributed by atoms with Gasteiger partial charge < -0.3 is 5.32 Å². The van der Waals surface area contributed by atoms with E-state index >= 15 is 0 Å². The van der Waals surface area contributed by atoms with Crippen LogP contribution in [0.15, 0.2) is 53.4 Å². The number of amides is 1. The molecular weight excluding hydrogens is 369 g/mol. The standard InChI is InChI=1S/C19H24FN3O3S/c1-14(23(4)13-15-8-10-16(20)11-9-15)19(24)21-17-6-5-7-18(12-17)27(25,26)22(2)3/h5-12,14H,13H2,1-4H3,(H,21,24)/t14-/m1/s1. The monoisotopic (exact) mass is 393 g/mol. The molecule has 0 heterocycles. The second-order valence-corrected chi connectivity index (χ2v) is 8.67. The zero-order chi connectivity index (χ0) is 20.2. The first-order valence-electron chi connectivity index (χ1n) is 8.39. The fraction of sp³-hybridized carbons (Fsp3) is 0.316. The molecule has 0 aliphatic heterocycles. The third-order valence-electron chi connectivity index (χ3n) is 4.27. The molecule has 0 aromatic heterocycles. The van der Waals surface area contributed by atoms with Crippen molar-refractivity contribution in [2.24, 2.45) is 0 Å². The van der Waals surface area contributed by atoms with E-state index < -0.39 is 16.1 Å². The number of nitrogens with zero attached hydrogens (tertiary/aromatic N) is 2. The molecule has 2 rings (SSSR count). The number of hydrogen-bond acceptors (Lipinski definition) is 4.